The topological polar surface area (TPSA) is 36.3 Å². The molecule has 1 aromatic heterocycles. The zero-order chi connectivity index (χ0) is 15.5. The fourth-order valence-electron chi connectivity index (χ4n) is 2.34. The highest BCUT2D eigenvalue weighted by molar-refractivity contribution is 5.63. The second kappa shape index (κ2) is 5.89. The van der Waals surface area contributed by atoms with E-state index in [0.29, 0.717) is 22.8 Å². The summed E-state index contributed by atoms with van der Waals surface area (Å²) in [6, 6.07) is 13.8. The van der Waals surface area contributed by atoms with Crippen molar-refractivity contribution in [2.45, 2.75) is 0 Å². The van der Waals surface area contributed by atoms with E-state index >= 15 is 0 Å². The molecule has 0 fully saturated rings. The van der Waals surface area contributed by atoms with Gasteiger partial charge in [0, 0.05) is 11.6 Å². The molecule has 0 aliphatic carbocycles. The molecule has 0 aliphatic heterocycles. The van der Waals surface area contributed by atoms with Crippen LogP contribution in [0.3, 0.4) is 0 Å². The maximum absolute atomic E-state index is 14.0. The summed E-state index contributed by atoms with van der Waals surface area (Å²) in [6.45, 7) is 0. The maximum atomic E-state index is 14.0. The molecule has 0 radical (unpaired) electrons. The van der Waals surface area contributed by atoms with Crippen molar-refractivity contribution in [2.24, 2.45) is 0 Å². The average molecular weight is 298 g/mol. The van der Waals surface area contributed by atoms with Crippen molar-refractivity contribution in [3.05, 3.63) is 60.5 Å². The van der Waals surface area contributed by atoms with Gasteiger partial charge in [0.2, 0.25) is 0 Å². The molecular weight excluding hydrogens is 283 g/mol. The van der Waals surface area contributed by atoms with E-state index in [4.69, 9.17) is 9.47 Å². The minimum Gasteiger partial charge on any atom is -0.493 e. The van der Waals surface area contributed by atoms with Crippen LogP contribution in [0.2, 0.25) is 0 Å². The van der Waals surface area contributed by atoms with Crippen molar-refractivity contribution in [2.75, 3.05) is 14.2 Å². The monoisotopic (exact) mass is 298 g/mol. The molecule has 5 heteroatoms. The summed E-state index contributed by atoms with van der Waals surface area (Å²) in [5.41, 5.74) is 1.93. The van der Waals surface area contributed by atoms with Crippen molar-refractivity contribution in [3.8, 4) is 28.4 Å². The van der Waals surface area contributed by atoms with Gasteiger partial charge in [-0.3, -0.25) is 0 Å². The third-order valence-electron chi connectivity index (χ3n) is 3.40. The van der Waals surface area contributed by atoms with E-state index in [-0.39, 0.29) is 5.82 Å². The number of nitrogens with zero attached hydrogens (tertiary/aromatic N) is 2. The highest BCUT2D eigenvalue weighted by Gasteiger charge is 2.13. The van der Waals surface area contributed by atoms with Crippen LogP contribution in [0.4, 0.5) is 4.39 Å². The molecule has 0 N–H and O–H groups in total. The Labute approximate surface area is 127 Å². The first-order valence-electron chi connectivity index (χ1n) is 6.76. The van der Waals surface area contributed by atoms with Gasteiger partial charge in [0.15, 0.2) is 11.5 Å². The smallest absolute Gasteiger partial charge is 0.162 e. The van der Waals surface area contributed by atoms with Crippen molar-refractivity contribution < 1.29 is 13.9 Å². The molecule has 0 spiro atoms. The second-order valence-electron chi connectivity index (χ2n) is 4.65. The van der Waals surface area contributed by atoms with Crippen LogP contribution in [0, 0.1) is 5.82 Å². The molecule has 0 aliphatic rings. The van der Waals surface area contributed by atoms with Gasteiger partial charge in [-0.15, -0.1) is 0 Å². The maximum Gasteiger partial charge on any atom is 0.162 e. The number of halogens is 1. The first kappa shape index (κ1) is 14.1. The average Bonchev–Trinajstić information content (AvgIpc) is 3.04. The van der Waals surface area contributed by atoms with Crippen LogP contribution in [0.1, 0.15) is 0 Å². The lowest BCUT2D eigenvalue weighted by molar-refractivity contribution is 0.355. The van der Waals surface area contributed by atoms with Gasteiger partial charge in [-0.25, -0.2) is 9.07 Å². The third-order valence-corrected chi connectivity index (χ3v) is 3.40. The Bertz CT molecular complexity index is 799. The molecule has 1 heterocycles. The molecule has 0 saturated carbocycles. The van der Waals surface area contributed by atoms with Crippen LogP contribution < -0.4 is 9.47 Å². The fraction of sp³-hybridized carbons (Fsp3) is 0.118. The van der Waals surface area contributed by atoms with Crippen LogP contribution in [-0.2, 0) is 0 Å². The first-order valence-corrected chi connectivity index (χ1v) is 6.76. The van der Waals surface area contributed by atoms with Crippen LogP contribution in [0.5, 0.6) is 11.5 Å². The Balaban J connectivity index is 2.11. The first-order chi connectivity index (χ1) is 10.7. The van der Waals surface area contributed by atoms with Gasteiger partial charge in [-0.05, 0) is 30.3 Å². The molecule has 2 aromatic carbocycles. The van der Waals surface area contributed by atoms with Crippen molar-refractivity contribution in [1.29, 1.82) is 0 Å². The number of hydrogen-bond acceptors (Lipinski definition) is 3. The summed E-state index contributed by atoms with van der Waals surface area (Å²) >= 11 is 0. The van der Waals surface area contributed by atoms with E-state index in [1.807, 2.05) is 6.07 Å². The second-order valence-corrected chi connectivity index (χ2v) is 4.65. The number of ether oxygens (including phenoxy) is 2. The normalized spacial score (nSPS) is 10.5. The molecule has 0 saturated heterocycles. The Morgan fingerprint density at radius 3 is 2.45 bits per heavy atom. The fourth-order valence-corrected chi connectivity index (χ4v) is 2.34. The summed E-state index contributed by atoms with van der Waals surface area (Å²) in [4.78, 5) is 0. The summed E-state index contributed by atoms with van der Waals surface area (Å²) in [7, 11) is 3.15. The van der Waals surface area contributed by atoms with Gasteiger partial charge in [0.05, 0.1) is 31.8 Å². The lowest BCUT2D eigenvalue weighted by atomic mass is 10.1. The predicted octanol–water partition coefficient (Wildman–Crippen LogP) is 3.70. The van der Waals surface area contributed by atoms with Gasteiger partial charge in [0.1, 0.15) is 5.82 Å². The van der Waals surface area contributed by atoms with E-state index in [1.54, 1.807) is 61.5 Å². The molecular formula is C17H15FN2O2. The number of aromatic nitrogens is 2. The summed E-state index contributed by atoms with van der Waals surface area (Å²) < 4.78 is 26.2. The highest BCUT2D eigenvalue weighted by Crippen LogP contribution is 2.31. The molecule has 0 amide bonds. The van der Waals surface area contributed by atoms with Gasteiger partial charge >= 0.3 is 0 Å². The highest BCUT2D eigenvalue weighted by atomic mass is 19.1. The van der Waals surface area contributed by atoms with Crippen LogP contribution in [-0.4, -0.2) is 24.0 Å². The van der Waals surface area contributed by atoms with Crippen molar-refractivity contribution >= 4 is 0 Å². The standard InChI is InChI=1S/C17H15FN2O2/c1-21-16-8-7-12(11-17(16)22-2)20-15(9-10-19-20)13-5-3-4-6-14(13)18/h3-11H,1-2H3. The molecule has 4 nitrogen and oxygen atoms in total. The van der Waals surface area contributed by atoms with Gasteiger partial charge in [0.25, 0.3) is 0 Å². The molecule has 0 bridgehead atoms. The largest absolute Gasteiger partial charge is 0.493 e. The SMILES string of the molecule is COc1ccc(-n2nccc2-c2ccccc2F)cc1OC. The molecule has 3 rings (SSSR count). The van der Waals surface area contributed by atoms with E-state index < -0.39 is 0 Å². The van der Waals surface area contributed by atoms with Gasteiger partial charge in [-0.1, -0.05) is 12.1 Å². The Kier molecular flexibility index (Phi) is 3.78. The number of rotatable bonds is 4. The zero-order valence-electron chi connectivity index (χ0n) is 12.3. The molecule has 0 unspecified atom stereocenters. The van der Waals surface area contributed by atoms with Gasteiger partial charge < -0.3 is 9.47 Å². The summed E-state index contributed by atoms with van der Waals surface area (Å²) in [5.74, 6) is 0.936. The molecule has 112 valence electrons. The number of hydrogen-bond donors (Lipinski definition) is 0. The number of benzene rings is 2. The Morgan fingerprint density at radius 2 is 1.73 bits per heavy atom. The van der Waals surface area contributed by atoms with Crippen molar-refractivity contribution in [1.82, 2.24) is 9.78 Å². The lowest BCUT2D eigenvalue weighted by Crippen LogP contribution is -2.01. The predicted molar refractivity (Wildman–Crippen MR) is 82.1 cm³/mol. The van der Waals surface area contributed by atoms with Crippen LogP contribution in [0.15, 0.2) is 54.7 Å². The summed E-state index contributed by atoms with van der Waals surface area (Å²) in [6.07, 6.45) is 1.64. The van der Waals surface area contributed by atoms with E-state index in [1.165, 1.54) is 6.07 Å². The third kappa shape index (κ3) is 2.41. The Morgan fingerprint density at radius 1 is 0.955 bits per heavy atom. The van der Waals surface area contributed by atoms with Gasteiger partial charge in [-0.2, -0.15) is 5.10 Å². The van der Waals surface area contributed by atoms with E-state index in [0.717, 1.165) is 5.69 Å². The quantitative estimate of drug-likeness (QED) is 0.737. The van der Waals surface area contributed by atoms with Crippen molar-refractivity contribution in [3.63, 3.8) is 0 Å². The minimum atomic E-state index is -0.287. The van der Waals surface area contributed by atoms with Crippen LogP contribution >= 0.6 is 0 Å². The van der Waals surface area contributed by atoms with E-state index in [2.05, 4.69) is 5.10 Å². The lowest BCUT2D eigenvalue weighted by Gasteiger charge is -2.12. The van der Waals surface area contributed by atoms with Crippen LogP contribution in [0.25, 0.3) is 16.9 Å². The minimum absolute atomic E-state index is 0.287. The Hall–Kier alpha value is -2.82. The summed E-state index contributed by atoms with van der Waals surface area (Å²) in [5, 5.41) is 4.29. The molecule has 22 heavy (non-hydrogen) atoms. The molecule has 0 atom stereocenters. The zero-order valence-corrected chi connectivity index (χ0v) is 12.3. The molecule has 3 aromatic rings. The van der Waals surface area contributed by atoms with E-state index in [9.17, 15) is 4.39 Å². The number of methoxy groups -OCH3 is 2.